The van der Waals surface area contributed by atoms with Gasteiger partial charge in [0.05, 0.1) is 30.9 Å². The smallest absolute Gasteiger partial charge is 0.238 e. The Morgan fingerprint density at radius 2 is 1.88 bits per heavy atom. The van der Waals surface area contributed by atoms with Crippen LogP contribution in [0.15, 0.2) is 48.9 Å². The van der Waals surface area contributed by atoms with E-state index in [0.717, 1.165) is 23.0 Å². The molecule has 7 nitrogen and oxygen atoms in total. The molecule has 0 aliphatic carbocycles. The molecule has 164 valence electrons. The predicted molar refractivity (Wildman–Crippen MR) is 117 cm³/mol. The molecule has 0 saturated heterocycles. The second-order valence-corrected chi connectivity index (χ2v) is 7.42. The van der Waals surface area contributed by atoms with Crippen molar-refractivity contribution < 1.29 is 13.5 Å². The number of anilines is 1. The van der Waals surface area contributed by atoms with Crippen molar-refractivity contribution in [3.63, 3.8) is 0 Å². The third-order valence-electron chi connectivity index (χ3n) is 5.07. The Balaban J connectivity index is 1.60. The largest absolute Gasteiger partial charge is 0.479 e. The van der Waals surface area contributed by atoms with E-state index < -0.39 is 17.7 Å². The number of imidazole rings is 1. The van der Waals surface area contributed by atoms with Gasteiger partial charge in [0, 0.05) is 11.8 Å². The first-order valence-electron chi connectivity index (χ1n) is 9.98. The maximum Gasteiger partial charge on any atom is 0.238 e. The molecule has 0 spiro atoms. The summed E-state index contributed by atoms with van der Waals surface area (Å²) in [6.45, 7) is 5.49. The van der Waals surface area contributed by atoms with Gasteiger partial charge in [-0.25, -0.2) is 18.7 Å². The van der Waals surface area contributed by atoms with E-state index in [-0.39, 0.29) is 5.56 Å². The number of aryl methyl sites for hydroxylation is 2. The average molecular weight is 436 g/mol. The van der Waals surface area contributed by atoms with Gasteiger partial charge in [0.1, 0.15) is 11.4 Å². The summed E-state index contributed by atoms with van der Waals surface area (Å²) in [6.07, 6.45) is 3.58. The Bertz CT molecular complexity index is 1270. The lowest BCUT2D eigenvalue weighted by molar-refractivity contribution is 0.396. The molecule has 3 aromatic heterocycles. The molecule has 1 N–H and O–H groups in total. The zero-order chi connectivity index (χ0) is 22.8. The van der Waals surface area contributed by atoms with Crippen molar-refractivity contribution in [1.82, 2.24) is 24.7 Å². The first-order chi connectivity index (χ1) is 15.4. The minimum absolute atomic E-state index is 0.215. The molecule has 1 unspecified atom stereocenters. The molecule has 0 saturated carbocycles. The molecule has 3 heterocycles. The highest BCUT2D eigenvalue weighted by Crippen LogP contribution is 2.28. The van der Waals surface area contributed by atoms with Crippen molar-refractivity contribution >= 4 is 5.82 Å². The predicted octanol–water partition coefficient (Wildman–Crippen LogP) is 4.80. The Kier molecular flexibility index (Phi) is 5.81. The van der Waals surface area contributed by atoms with Crippen molar-refractivity contribution in [2.45, 2.75) is 26.8 Å². The fraction of sp³-hybridized carbons (Fsp3) is 0.217. The van der Waals surface area contributed by atoms with Crippen LogP contribution in [0.2, 0.25) is 0 Å². The van der Waals surface area contributed by atoms with Crippen LogP contribution in [0.25, 0.3) is 17.1 Å². The number of halogens is 2. The summed E-state index contributed by atoms with van der Waals surface area (Å²) in [6, 6.07) is 9.13. The third kappa shape index (κ3) is 4.14. The van der Waals surface area contributed by atoms with Gasteiger partial charge in [0.2, 0.25) is 5.88 Å². The summed E-state index contributed by atoms with van der Waals surface area (Å²) in [5, 5.41) is 11.6. The standard InChI is InChI=1S/C23H22F2N6O/c1-13-10-19(18-8-9-20(23(28-18)32-4)31-11-14(2)26-12-31)29-30-22(13)27-15(3)16-6-5-7-17(24)21(16)25/h5-12,15H,1-4H3,(H,27,30). The molecular weight excluding hydrogens is 414 g/mol. The van der Waals surface area contributed by atoms with Crippen LogP contribution >= 0.6 is 0 Å². The Hall–Kier alpha value is -3.88. The summed E-state index contributed by atoms with van der Waals surface area (Å²) >= 11 is 0. The van der Waals surface area contributed by atoms with Crippen LogP contribution in [0.3, 0.4) is 0 Å². The van der Waals surface area contributed by atoms with Gasteiger partial charge in [-0.05, 0) is 50.6 Å². The van der Waals surface area contributed by atoms with Gasteiger partial charge < -0.3 is 14.6 Å². The van der Waals surface area contributed by atoms with E-state index in [1.807, 2.05) is 42.8 Å². The zero-order valence-corrected chi connectivity index (χ0v) is 18.1. The molecule has 0 bridgehead atoms. The number of pyridine rings is 1. The fourth-order valence-corrected chi connectivity index (χ4v) is 3.37. The van der Waals surface area contributed by atoms with Crippen LogP contribution in [0, 0.1) is 25.5 Å². The number of rotatable bonds is 6. The van der Waals surface area contributed by atoms with E-state index in [9.17, 15) is 8.78 Å². The third-order valence-corrected chi connectivity index (χ3v) is 5.07. The van der Waals surface area contributed by atoms with Crippen molar-refractivity contribution in [3.8, 4) is 23.0 Å². The van der Waals surface area contributed by atoms with Gasteiger partial charge in [0.25, 0.3) is 0 Å². The highest BCUT2D eigenvalue weighted by molar-refractivity contribution is 5.61. The maximum atomic E-state index is 14.1. The molecular formula is C23H22F2N6O. The minimum atomic E-state index is -0.886. The van der Waals surface area contributed by atoms with Crippen LogP contribution < -0.4 is 10.1 Å². The van der Waals surface area contributed by atoms with Gasteiger partial charge in [0.15, 0.2) is 17.5 Å². The molecule has 0 radical (unpaired) electrons. The van der Waals surface area contributed by atoms with Crippen molar-refractivity contribution in [3.05, 3.63) is 77.4 Å². The molecule has 4 aromatic rings. The van der Waals surface area contributed by atoms with Crippen LogP contribution in [0.1, 0.15) is 29.8 Å². The topological polar surface area (TPSA) is 77.8 Å². The number of nitrogens with zero attached hydrogens (tertiary/aromatic N) is 5. The molecule has 4 rings (SSSR count). The normalized spacial score (nSPS) is 11.9. The molecule has 9 heteroatoms. The Morgan fingerprint density at radius 3 is 2.56 bits per heavy atom. The number of methoxy groups -OCH3 is 1. The van der Waals surface area contributed by atoms with E-state index in [2.05, 4.69) is 25.5 Å². The van der Waals surface area contributed by atoms with Crippen molar-refractivity contribution in [2.24, 2.45) is 0 Å². The number of hydrogen-bond donors (Lipinski definition) is 1. The molecule has 1 aromatic carbocycles. The minimum Gasteiger partial charge on any atom is -0.479 e. The van der Waals surface area contributed by atoms with E-state index >= 15 is 0 Å². The van der Waals surface area contributed by atoms with Crippen molar-refractivity contribution in [1.29, 1.82) is 0 Å². The molecule has 0 aliphatic rings. The summed E-state index contributed by atoms with van der Waals surface area (Å²) < 4.78 is 34.9. The van der Waals surface area contributed by atoms with Gasteiger partial charge in [-0.2, -0.15) is 0 Å². The lowest BCUT2D eigenvalue weighted by Crippen LogP contribution is -2.12. The molecule has 32 heavy (non-hydrogen) atoms. The number of nitrogens with one attached hydrogen (secondary N) is 1. The van der Waals surface area contributed by atoms with Gasteiger partial charge in [-0.15, -0.1) is 10.2 Å². The van der Waals surface area contributed by atoms with Crippen LogP contribution in [-0.4, -0.2) is 31.8 Å². The number of hydrogen-bond acceptors (Lipinski definition) is 6. The molecule has 1 atom stereocenters. The van der Waals surface area contributed by atoms with Gasteiger partial charge in [-0.1, -0.05) is 12.1 Å². The van der Waals surface area contributed by atoms with Crippen LogP contribution in [0.5, 0.6) is 5.88 Å². The second kappa shape index (κ2) is 8.70. The summed E-state index contributed by atoms with van der Waals surface area (Å²) in [4.78, 5) is 8.79. The summed E-state index contributed by atoms with van der Waals surface area (Å²) in [7, 11) is 1.55. The molecule has 0 amide bonds. The fourth-order valence-electron chi connectivity index (χ4n) is 3.37. The first-order valence-corrected chi connectivity index (χ1v) is 9.98. The quantitative estimate of drug-likeness (QED) is 0.468. The van der Waals surface area contributed by atoms with Crippen molar-refractivity contribution in [2.75, 3.05) is 12.4 Å². The lowest BCUT2D eigenvalue weighted by atomic mass is 10.1. The van der Waals surface area contributed by atoms with Gasteiger partial charge >= 0.3 is 0 Å². The van der Waals surface area contributed by atoms with E-state index in [1.54, 1.807) is 20.4 Å². The number of benzene rings is 1. The Morgan fingerprint density at radius 1 is 1.06 bits per heavy atom. The van der Waals surface area contributed by atoms with E-state index in [1.165, 1.54) is 12.1 Å². The van der Waals surface area contributed by atoms with E-state index in [0.29, 0.717) is 23.1 Å². The second-order valence-electron chi connectivity index (χ2n) is 7.42. The first kappa shape index (κ1) is 21.4. The highest BCUT2D eigenvalue weighted by Gasteiger charge is 2.17. The maximum absolute atomic E-state index is 14.1. The van der Waals surface area contributed by atoms with Crippen LogP contribution in [0.4, 0.5) is 14.6 Å². The average Bonchev–Trinajstić information content (AvgIpc) is 3.22. The Labute approximate surface area is 184 Å². The molecule has 0 aliphatic heterocycles. The lowest BCUT2D eigenvalue weighted by Gasteiger charge is -2.17. The zero-order valence-electron chi connectivity index (χ0n) is 18.1. The SMILES string of the molecule is COc1nc(-c2cc(C)c(NC(C)c3cccc(F)c3F)nn2)ccc1-n1cnc(C)c1. The number of ether oxygens (including phenoxy) is 1. The van der Waals surface area contributed by atoms with E-state index in [4.69, 9.17) is 4.74 Å². The monoisotopic (exact) mass is 436 g/mol. The summed E-state index contributed by atoms with van der Waals surface area (Å²) in [5.41, 5.74) is 3.79. The van der Waals surface area contributed by atoms with Gasteiger partial charge in [-0.3, -0.25) is 0 Å². The summed E-state index contributed by atoms with van der Waals surface area (Å²) in [5.74, 6) is -0.859. The molecule has 0 fully saturated rings. The number of aromatic nitrogens is 5. The van der Waals surface area contributed by atoms with Crippen LogP contribution in [-0.2, 0) is 0 Å². The highest BCUT2D eigenvalue weighted by atomic mass is 19.2.